The molecule has 0 radical (unpaired) electrons. The number of nitrogens with one attached hydrogen (secondary N) is 2. The van der Waals surface area contributed by atoms with E-state index in [1.54, 1.807) is 17.2 Å². The van der Waals surface area contributed by atoms with Crippen LogP contribution in [0, 0.1) is 0 Å². The number of imide groups is 1. The highest BCUT2D eigenvalue weighted by atomic mass is 16.2. The van der Waals surface area contributed by atoms with Crippen molar-refractivity contribution in [2.45, 2.75) is 38.5 Å². The van der Waals surface area contributed by atoms with Crippen molar-refractivity contribution >= 4 is 23.5 Å². The largest absolute Gasteiger partial charge is 0.384 e. The van der Waals surface area contributed by atoms with Crippen molar-refractivity contribution in [2.75, 3.05) is 5.73 Å². The molecule has 3 amide bonds. The van der Waals surface area contributed by atoms with Gasteiger partial charge in [-0.25, -0.2) is 4.98 Å². The number of piperidine rings is 1. The van der Waals surface area contributed by atoms with Crippen LogP contribution in [0.5, 0.6) is 0 Å². The lowest BCUT2D eigenvalue weighted by Crippen LogP contribution is -2.52. The van der Waals surface area contributed by atoms with Crippen LogP contribution < -0.4 is 16.4 Å². The van der Waals surface area contributed by atoms with Gasteiger partial charge in [0.2, 0.25) is 11.8 Å². The van der Waals surface area contributed by atoms with Gasteiger partial charge < -0.3 is 16.0 Å². The van der Waals surface area contributed by atoms with Gasteiger partial charge in [0.05, 0.1) is 0 Å². The fourth-order valence-corrected chi connectivity index (χ4v) is 3.60. The number of nitrogen functional groups attached to an aromatic ring is 1. The normalized spacial score (nSPS) is 18.9. The number of carbonyl (C=O) groups is 3. The Morgan fingerprint density at radius 3 is 2.68 bits per heavy atom. The second kappa shape index (κ2) is 7.40. The van der Waals surface area contributed by atoms with Crippen molar-refractivity contribution in [3.8, 4) is 0 Å². The van der Waals surface area contributed by atoms with Gasteiger partial charge in [0.1, 0.15) is 11.9 Å². The maximum atomic E-state index is 12.8. The number of hydrogen-bond donors (Lipinski definition) is 3. The Morgan fingerprint density at radius 1 is 1.14 bits per heavy atom. The third kappa shape index (κ3) is 3.59. The number of carbonyl (C=O) groups excluding carboxylic acids is 3. The molecule has 1 unspecified atom stereocenters. The minimum absolute atomic E-state index is 0.158. The fraction of sp³-hybridized carbons (Fsp3) is 0.300. The first-order chi connectivity index (χ1) is 13.5. The van der Waals surface area contributed by atoms with E-state index < -0.39 is 11.9 Å². The van der Waals surface area contributed by atoms with E-state index in [0.717, 1.165) is 16.7 Å². The molecular weight excluding hydrogens is 358 g/mol. The number of benzene rings is 1. The summed E-state index contributed by atoms with van der Waals surface area (Å²) in [7, 11) is 0. The summed E-state index contributed by atoms with van der Waals surface area (Å²) in [6.07, 6.45) is 2.35. The zero-order valence-electron chi connectivity index (χ0n) is 15.3. The van der Waals surface area contributed by atoms with Gasteiger partial charge in [-0.05, 0) is 35.2 Å². The highest BCUT2D eigenvalue weighted by Gasteiger charge is 2.38. The lowest BCUT2D eigenvalue weighted by atomic mass is 10.0. The minimum atomic E-state index is -0.586. The van der Waals surface area contributed by atoms with Crippen LogP contribution in [0.3, 0.4) is 0 Å². The van der Waals surface area contributed by atoms with Gasteiger partial charge >= 0.3 is 0 Å². The number of fused-ring (bicyclic) bond motifs is 1. The number of amides is 3. The molecule has 1 fully saturated rings. The molecule has 2 aromatic rings. The number of nitrogens with two attached hydrogens (primary N) is 1. The molecule has 144 valence electrons. The Bertz CT molecular complexity index is 941. The van der Waals surface area contributed by atoms with E-state index in [1.165, 1.54) is 0 Å². The predicted molar refractivity (Wildman–Crippen MR) is 102 cm³/mol. The molecule has 4 N–H and O–H groups in total. The summed E-state index contributed by atoms with van der Waals surface area (Å²) in [5.41, 5.74) is 9.12. The summed E-state index contributed by atoms with van der Waals surface area (Å²) in [5, 5.41) is 5.64. The van der Waals surface area contributed by atoms with Crippen molar-refractivity contribution in [3.63, 3.8) is 0 Å². The van der Waals surface area contributed by atoms with Crippen molar-refractivity contribution in [3.05, 3.63) is 58.8 Å². The molecule has 28 heavy (non-hydrogen) atoms. The van der Waals surface area contributed by atoms with Gasteiger partial charge in [-0.2, -0.15) is 0 Å². The summed E-state index contributed by atoms with van der Waals surface area (Å²) in [5.74, 6) is -0.345. The Morgan fingerprint density at radius 2 is 1.93 bits per heavy atom. The third-order valence-electron chi connectivity index (χ3n) is 5.10. The van der Waals surface area contributed by atoms with E-state index in [4.69, 9.17) is 5.73 Å². The number of rotatable bonds is 5. The van der Waals surface area contributed by atoms with Gasteiger partial charge in [-0.3, -0.25) is 19.7 Å². The number of pyridine rings is 1. The first-order valence-electron chi connectivity index (χ1n) is 9.19. The number of hydrogen-bond acceptors (Lipinski definition) is 6. The Labute approximate surface area is 162 Å². The van der Waals surface area contributed by atoms with Gasteiger partial charge in [0, 0.05) is 37.8 Å². The van der Waals surface area contributed by atoms with Crippen LogP contribution in [0.15, 0.2) is 36.5 Å². The number of anilines is 1. The van der Waals surface area contributed by atoms with Crippen LogP contribution in [0.1, 0.15) is 39.9 Å². The maximum Gasteiger partial charge on any atom is 0.255 e. The molecule has 8 heteroatoms. The maximum absolute atomic E-state index is 12.8. The Hall–Kier alpha value is -3.26. The number of nitrogens with zero attached hydrogens (tertiary/aromatic N) is 2. The molecule has 1 aromatic carbocycles. The van der Waals surface area contributed by atoms with Crippen LogP contribution in [0.4, 0.5) is 5.82 Å². The Balaban J connectivity index is 1.40. The molecule has 4 rings (SSSR count). The van der Waals surface area contributed by atoms with Gasteiger partial charge in [-0.1, -0.05) is 18.2 Å². The molecule has 0 aliphatic carbocycles. The summed E-state index contributed by atoms with van der Waals surface area (Å²) >= 11 is 0. The topological polar surface area (TPSA) is 117 Å². The predicted octanol–water partition coefficient (Wildman–Crippen LogP) is 0.715. The molecule has 0 saturated carbocycles. The third-order valence-corrected chi connectivity index (χ3v) is 5.10. The van der Waals surface area contributed by atoms with Crippen LogP contribution in [-0.4, -0.2) is 33.6 Å². The first kappa shape index (κ1) is 18.1. The average molecular weight is 379 g/mol. The quantitative estimate of drug-likeness (QED) is 0.659. The van der Waals surface area contributed by atoms with Crippen molar-refractivity contribution in [2.24, 2.45) is 0 Å². The second-order valence-electron chi connectivity index (χ2n) is 7.09. The van der Waals surface area contributed by atoms with Crippen molar-refractivity contribution in [1.82, 2.24) is 20.5 Å². The average Bonchev–Trinajstić information content (AvgIpc) is 3.00. The van der Waals surface area contributed by atoms with Crippen molar-refractivity contribution in [1.29, 1.82) is 0 Å². The van der Waals surface area contributed by atoms with Crippen LogP contribution in [0.25, 0.3) is 0 Å². The lowest BCUT2D eigenvalue weighted by molar-refractivity contribution is -0.136. The number of aromatic nitrogens is 1. The fourth-order valence-electron chi connectivity index (χ4n) is 3.60. The molecule has 1 saturated heterocycles. The van der Waals surface area contributed by atoms with E-state index in [0.29, 0.717) is 37.4 Å². The molecule has 0 bridgehead atoms. The standard InChI is InChI=1S/C20H21N5O3/c21-17-5-2-13(10-23-17)9-22-8-12-1-3-14-11-25(20(28)15(14)7-12)16-4-6-18(26)24-19(16)27/h1-3,5,7,10,16,22H,4,6,8-9,11H2,(H2,21,23)(H,24,26,27). The molecule has 1 aromatic heterocycles. The summed E-state index contributed by atoms with van der Waals surface area (Å²) in [6.45, 7) is 1.63. The van der Waals surface area contributed by atoms with E-state index >= 15 is 0 Å². The van der Waals surface area contributed by atoms with E-state index in [-0.39, 0.29) is 18.2 Å². The van der Waals surface area contributed by atoms with Gasteiger partial charge in [0.25, 0.3) is 5.91 Å². The zero-order valence-corrected chi connectivity index (χ0v) is 15.3. The summed E-state index contributed by atoms with van der Waals surface area (Å²) in [6, 6.07) is 8.87. The smallest absolute Gasteiger partial charge is 0.255 e. The van der Waals surface area contributed by atoms with Crippen LogP contribution in [-0.2, 0) is 29.2 Å². The van der Waals surface area contributed by atoms with Gasteiger partial charge in [-0.15, -0.1) is 0 Å². The minimum Gasteiger partial charge on any atom is -0.384 e. The molecule has 1 atom stereocenters. The summed E-state index contributed by atoms with van der Waals surface area (Å²) in [4.78, 5) is 41.9. The van der Waals surface area contributed by atoms with Crippen LogP contribution in [0.2, 0.25) is 0 Å². The Kier molecular flexibility index (Phi) is 4.79. The second-order valence-corrected chi connectivity index (χ2v) is 7.09. The monoisotopic (exact) mass is 379 g/mol. The molecular formula is C20H21N5O3. The molecule has 0 spiro atoms. The summed E-state index contributed by atoms with van der Waals surface area (Å²) < 4.78 is 0. The lowest BCUT2D eigenvalue weighted by Gasteiger charge is -2.29. The highest BCUT2D eigenvalue weighted by Crippen LogP contribution is 2.28. The van der Waals surface area contributed by atoms with E-state index in [2.05, 4.69) is 15.6 Å². The zero-order chi connectivity index (χ0) is 19.7. The van der Waals surface area contributed by atoms with E-state index in [9.17, 15) is 14.4 Å². The molecule has 2 aliphatic rings. The first-order valence-corrected chi connectivity index (χ1v) is 9.19. The van der Waals surface area contributed by atoms with Crippen molar-refractivity contribution < 1.29 is 14.4 Å². The highest BCUT2D eigenvalue weighted by molar-refractivity contribution is 6.05. The SMILES string of the molecule is Nc1ccc(CNCc2ccc3c(c2)C(=O)N(C2CCC(=O)NC2=O)C3)cn1. The van der Waals surface area contributed by atoms with Gasteiger partial charge in [0.15, 0.2) is 0 Å². The van der Waals surface area contributed by atoms with E-state index in [1.807, 2.05) is 24.3 Å². The molecule has 3 heterocycles. The molecule has 8 nitrogen and oxygen atoms in total. The molecule has 2 aliphatic heterocycles. The van der Waals surface area contributed by atoms with Crippen LogP contribution >= 0.6 is 0 Å².